The van der Waals surface area contributed by atoms with Gasteiger partial charge in [-0.3, -0.25) is 18.6 Å². The van der Waals surface area contributed by atoms with E-state index in [1.807, 2.05) is 12.2 Å². The Balaban J connectivity index is 4.23. The van der Waals surface area contributed by atoms with E-state index in [1.165, 1.54) is 109 Å². The van der Waals surface area contributed by atoms with Crippen LogP contribution in [0.2, 0.25) is 0 Å². The van der Waals surface area contributed by atoms with Crippen LogP contribution in [0.3, 0.4) is 0 Å². The van der Waals surface area contributed by atoms with E-state index in [4.69, 9.17) is 24.3 Å². The van der Waals surface area contributed by atoms with Gasteiger partial charge in [-0.1, -0.05) is 177 Å². The first kappa shape index (κ1) is 56.5. The predicted molar refractivity (Wildman–Crippen MR) is 247 cm³/mol. The fraction of sp³-hybridized carbons (Fsp3) is 0.714. The number of ether oxygens (including phenoxy) is 2. The van der Waals surface area contributed by atoms with Crippen molar-refractivity contribution in [3.05, 3.63) is 72.9 Å². The third kappa shape index (κ3) is 44.8. The minimum absolute atomic E-state index is 0.0390. The van der Waals surface area contributed by atoms with Gasteiger partial charge in [-0.15, -0.1) is 0 Å². The molecule has 10 heteroatoms. The van der Waals surface area contributed by atoms with Crippen molar-refractivity contribution in [2.45, 2.75) is 200 Å². The van der Waals surface area contributed by atoms with E-state index in [-0.39, 0.29) is 32.6 Å². The van der Waals surface area contributed by atoms with Gasteiger partial charge >= 0.3 is 19.8 Å². The van der Waals surface area contributed by atoms with Gasteiger partial charge in [-0.05, 0) is 77.0 Å². The molecule has 0 fully saturated rings. The Morgan fingerprint density at radius 2 is 0.915 bits per heavy atom. The largest absolute Gasteiger partial charge is 0.472 e. The lowest BCUT2D eigenvalue weighted by Gasteiger charge is -2.19. The highest BCUT2D eigenvalue weighted by Gasteiger charge is 2.25. The number of carbonyl (C=O) groups excluding carboxylic acids is 2. The molecule has 0 aromatic carbocycles. The van der Waals surface area contributed by atoms with Crippen LogP contribution in [-0.4, -0.2) is 49.3 Å². The van der Waals surface area contributed by atoms with Crippen LogP contribution in [0.25, 0.3) is 0 Å². The molecule has 0 saturated carbocycles. The Bertz CT molecular complexity index is 1190. The number of hydrogen-bond acceptors (Lipinski definition) is 8. The minimum atomic E-state index is -4.40. The molecule has 59 heavy (non-hydrogen) atoms. The molecule has 0 aliphatic carbocycles. The highest BCUT2D eigenvalue weighted by Crippen LogP contribution is 2.43. The zero-order valence-electron chi connectivity index (χ0n) is 37.5. The molecule has 1 unspecified atom stereocenters. The van der Waals surface area contributed by atoms with E-state index in [9.17, 15) is 19.0 Å². The van der Waals surface area contributed by atoms with Gasteiger partial charge in [0.05, 0.1) is 13.2 Å². The third-order valence-electron chi connectivity index (χ3n) is 9.58. The molecule has 0 aromatic rings. The molecule has 3 N–H and O–H groups in total. The summed E-state index contributed by atoms with van der Waals surface area (Å²) < 4.78 is 32.7. The van der Waals surface area contributed by atoms with Crippen LogP contribution in [0.4, 0.5) is 0 Å². The van der Waals surface area contributed by atoms with Gasteiger partial charge in [0, 0.05) is 19.4 Å². The number of phosphoric ester groups is 1. The maximum Gasteiger partial charge on any atom is 0.472 e. The number of allylic oxidation sites excluding steroid dienone is 12. The summed E-state index contributed by atoms with van der Waals surface area (Å²) in [6, 6.07) is 0. The maximum atomic E-state index is 12.6. The summed E-state index contributed by atoms with van der Waals surface area (Å²) in [6.45, 7) is 3.61. The Hall–Kier alpha value is -2.55. The summed E-state index contributed by atoms with van der Waals surface area (Å²) in [5.41, 5.74) is 5.35. The molecule has 0 radical (unpaired) electrons. The Morgan fingerprint density at radius 3 is 1.42 bits per heavy atom. The molecule has 0 spiro atoms. The van der Waals surface area contributed by atoms with Crippen molar-refractivity contribution < 1.29 is 37.6 Å². The first-order valence-electron chi connectivity index (χ1n) is 23.4. The zero-order chi connectivity index (χ0) is 43.2. The van der Waals surface area contributed by atoms with Gasteiger partial charge in [0.15, 0.2) is 6.10 Å². The number of hydrogen-bond donors (Lipinski definition) is 2. The lowest BCUT2D eigenvalue weighted by molar-refractivity contribution is -0.161. The topological polar surface area (TPSA) is 134 Å². The Labute approximate surface area is 361 Å². The monoisotopic (exact) mass is 848 g/mol. The quantitative estimate of drug-likeness (QED) is 0.0266. The third-order valence-corrected chi connectivity index (χ3v) is 10.6. The smallest absolute Gasteiger partial charge is 0.462 e. The van der Waals surface area contributed by atoms with E-state index in [0.717, 1.165) is 51.4 Å². The van der Waals surface area contributed by atoms with Crippen LogP contribution in [0.5, 0.6) is 0 Å². The SMILES string of the molecule is CCCCC/C=C\C/C=C\C/C=C\C/C=C\C/C=C\CCC(=O)O[C@H](COC(=O)CCCCCCCCCCC/C=C\CCCCCCCC)COP(=O)(O)OCCN. The van der Waals surface area contributed by atoms with E-state index >= 15 is 0 Å². The lowest BCUT2D eigenvalue weighted by Crippen LogP contribution is -2.29. The van der Waals surface area contributed by atoms with Crippen LogP contribution in [0.1, 0.15) is 194 Å². The van der Waals surface area contributed by atoms with Crippen molar-refractivity contribution in [1.29, 1.82) is 0 Å². The second kappa shape index (κ2) is 45.0. The lowest BCUT2D eigenvalue weighted by atomic mass is 10.1. The van der Waals surface area contributed by atoms with Crippen LogP contribution in [0.15, 0.2) is 72.9 Å². The number of esters is 2. The molecule has 0 aliphatic heterocycles. The van der Waals surface area contributed by atoms with Crippen LogP contribution in [-0.2, 0) is 32.7 Å². The van der Waals surface area contributed by atoms with Gasteiger partial charge in [0.25, 0.3) is 0 Å². The minimum Gasteiger partial charge on any atom is -0.462 e. The van der Waals surface area contributed by atoms with Crippen LogP contribution in [0, 0.1) is 0 Å². The number of carbonyl (C=O) groups is 2. The standard InChI is InChI=1S/C49H86NO8P/c1-3-5-7-9-11-13-15-17-19-21-23-25-27-29-31-33-35-37-39-41-48(51)55-45-47(46-57-59(53,54)56-44-43-50)58-49(52)42-40-38-36-34-32-30-28-26-24-22-20-18-16-14-12-10-8-6-4-2/h12,14,17-20,24,26,30,32,36,38,47H,3-11,13,15-16,21-23,25,27-29,31,33-35,37,39-46,50H2,1-2H3,(H,53,54)/b14-12-,19-17-,20-18-,26-24-,32-30-,38-36-/t47-/m1/s1. The molecule has 0 rings (SSSR count). The predicted octanol–water partition coefficient (Wildman–Crippen LogP) is 13.8. The first-order chi connectivity index (χ1) is 28.8. The van der Waals surface area contributed by atoms with E-state index in [2.05, 4.69) is 74.6 Å². The van der Waals surface area contributed by atoms with Gasteiger partial charge < -0.3 is 20.1 Å². The van der Waals surface area contributed by atoms with Gasteiger partial charge in [0.1, 0.15) is 6.61 Å². The molecule has 340 valence electrons. The van der Waals surface area contributed by atoms with E-state index in [1.54, 1.807) is 0 Å². The molecule has 2 atom stereocenters. The Kier molecular flexibility index (Phi) is 43.0. The van der Waals surface area contributed by atoms with Crippen LogP contribution < -0.4 is 5.73 Å². The highest BCUT2D eigenvalue weighted by molar-refractivity contribution is 7.47. The number of phosphoric acid groups is 1. The molecule has 9 nitrogen and oxygen atoms in total. The maximum absolute atomic E-state index is 12.6. The molecule has 0 bridgehead atoms. The summed E-state index contributed by atoms with van der Waals surface area (Å²) in [6.07, 6.45) is 55.2. The van der Waals surface area contributed by atoms with E-state index < -0.39 is 32.5 Å². The molecule has 0 saturated heterocycles. The Morgan fingerprint density at radius 1 is 0.508 bits per heavy atom. The van der Waals surface area contributed by atoms with Crippen molar-refractivity contribution in [2.24, 2.45) is 5.73 Å². The molecular weight excluding hydrogens is 762 g/mol. The molecular formula is C49H86NO8P. The van der Waals surface area contributed by atoms with Crippen molar-refractivity contribution >= 4 is 19.8 Å². The normalized spacial score (nSPS) is 13.9. The summed E-state index contributed by atoms with van der Waals surface area (Å²) >= 11 is 0. The second-order valence-corrected chi connectivity index (χ2v) is 16.7. The summed E-state index contributed by atoms with van der Waals surface area (Å²) in [5, 5.41) is 0. The number of nitrogens with two attached hydrogens (primary N) is 1. The second-order valence-electron chi connectivity index (χ2n) is 15.3. The average Bonchev–Trinajstić information content (AvgIpc) is 3.22. The summed E-state index contributed by atoms with van der Waals surface area (Å²) in [7, 11) is -4.40. The van der Waals surface area contributed by atoms with Gasteiger partial charge in [0.2, 0.25) is 0 Å². The molecule has 0 amide bonds. The molecule has 0 heterocycles. The van der Waals surface area contributed by atoms with E-state index in [0.29, 0.717) is 6.42 Å². The first-order valence-corrected chi connectivity index (χ1v) is 24.9. The zero-order valence-corrected chi connectivity index (χ0v) is 38.4. The highest BCUT2D eigenvalue weighted by atomic mass is 31.2. The number of unbranched alkanes of at least 4 members (excludes halogenated alkanes) is 18. The van der Waals surface area contributed by atoms with Crippen molar-refractivity contribution in [3.63, 3.8) is 0 Å². The fourth-order valence-electron chi connectivity index (χ4n) is 6.08. The molecule has 0 aliphatic rings. The van der Waals surface area contributed by atoms with Crippen LogP contribution >= 0.6 is 7.82 Å². The number of rotatable bonds is 43. The molecule has 0 aromatic heterocycles. The average molecular weight is 848 g/mol. The van der Waals surface area contributed by atoms with Gasteiger partial charge in [-0.25, -0.2) is 4.57 Å². The van der Waals surface area contributed by atoms with Gasteiger partial charge in [-0.2, -0.15) is 0 Å². The summed E-state index contributed by atoms with van der Waals surface area (Å²) in [4.78, 5) is 34.9. The van der Waals surface area contributed by atoms with Crippen molar-refractivity contribution in [1.82, 2.24) is 0 Å². The van der Waals surface area contributed by atoms with Crippen molar-refractivity contribution in [3.8, 4) is 0 Å². The van der Waals surface area contributed by atoms with Crippen molar-refractivity contribution in [2.75, 3.05) is 26.4 Å². The fourth-order valence-corrected chi connectivity index (χ4v) is 6.85. The summed E-state index contributed by atoms with van der Waals surface area (Å²) in [5.74, 6) is -0.929.